The standard InChI is InChI=1S/C21H17NO2S2/c1-23-15-6-10-17(11-7-15)25-20-4-3-5-21(19(20)14-22)26-18-12-8-16(24-2)9-13-18/h3-13H,1-2H3. The van der Waals surface area contributed by atoms with Gasteiger partial charge in [-0.15, -0.1) is 0 Å². The lowest BCUT2D eigenvalue weighted by Crippen LogP contribution is -1.87. The molecule has 3 aromatic rings. The fourth-order valence-corrected chi connectivity index (χ4v) is 4.26. The lowest BCUT2D eigenvalue weighted by molar-refractivity contribution is 0.414. The number of hydrogen-bond donors (Lipinski definition) is 0. The quantitative estimate of drug-likeness (QED) is 0.535. The van der Waals surface area contributed by atoms with Gasteiger partial charge in [-0.05, 0) is 60.7 Å². The summed E-state index contributed by atoms with van der Waals surface area (Å²) in [5, 5.41) is 9.70. The molecular formula is C21H17NO2S2. The molecule has 0 atom stereocenters. The largest absolute Gasteiger partial charge is 0.497 e. The van der Waals surface area contributed by atoms with E-state index in [0.717, 1.165) is 31.1 Å². The lowest BCUT2D eigenvalue weighted by atomic mass is 10.2. The molecule has 0 N–H and O–H groups in total. The van der Waals surface area contributed by atoms with Gasteiger partial charge in [0, 0.05) is 19.6 Å². The van der Waals surface area contributed by atoms with Gasteiger partial charge >= 0.3 is 0 Å². The summed E-state index contributed by atoms with van der Waals surface area (Å²) in [6, 6.07) is 24.0. The number of rotatable bonds is 6. The molecule has 0 aromatic heterocycles. The van der Waals surface area contributed by atoms with Crippen molar-refractivity contribution in [2.45, 2.75) is 19.6 Å². The highest BCUT2D eigenvalue weighted by Crippen LogP contribution is 2.38. The molecule has 130 valence electrons. The van der Waals surface area contributed by atoms with Crippen LogP contribution in [0.4, 0.5) is 0 Å². The maximum Gasteiger partial charge on any atom is 0.118 e. The first-order valence-corrected chi connectivity index (χ1v) is 9.53. The summed E-state index contributed by atoms with van der Waals surface area (Å²) < 4.78 is 10.4. The molecule has 0 aliphatic carbocycles. The first-order valence-electron chi connectivity index (χ1n) is 7.90. The van der Waals surface area contributed by atoms with Crippen molar-refractivity contribution >= 4 is 23.5 Å². The number of nitrogens with zero attached hydrogens (tertiary/aromatic N) is 1. The third-order valence-corrected chi connectivity index (χ3v) is 5.81. The van der Waals surface area contributed by atoms with Crippen LogP contribution < -0.4 is 9.47 Å². The van der Waals surface area contributed by atoms with Crippen LogP contribution in [-0.2, 0) is 0 Å². The predicted molar refractivity (Wildman–Crippen MR) is 105 cm³/mol. The van der Waals surface area contributed by atoms with Gasteiger partial charge in [-0.2, -0.15) is 5.26 Å². The van der Waals surface area contributed by atoms with E-state index in [1.54, 1.807) is 37.7 Å². The van der Waals surface area contributed by atoms with Crippen LogP contribution in [0.25, 0.3) is 0 Å². The van der Waals surface area contributed by atoms with Gasteiger partial charge in [-0.1, -0.05) is 29.6 Å². The van der Waals surface area contributed by atoms with E-state index in [-0.39, 0.29) is 0 Å². The molecule has 0 aliphatic rings. The van der Waals surface area contributed by atoms with Crippen molar-refractivity contribution in [2.75, 3.05) is 14.2 Å². The molecule has 0 radical (unpaired) electrons. The van der Waals surface area contributed by atoms with Crippen LogP contribution in [0.15, 0.2) is 86.3 Å². The van der Waals surface area contributed by atoms with E-state index >= 15 is 0 Å². The second-order valence-corrected chi connectivity index (χ2v) is 7.53. The van der Waals surface area contributed by atoms with Crippen LogP contribution in [0.3, 0.4) is 0 Å². The summed E-state index contributed by atoms with van der Waals surface area (Å²) in [6.07, 6.45) is 0. The molecule has 3 nitrogen and oxygen atoms in total. The molecular weight excluding hydrogens is 362 g/mol. The summed E-state index contributed by atoms with van der Waals surface area (Å²) in [5.41, 5.74) is 0.689. The van der Waals surface area contributed by atoms with Gasteiger partial charge < -0.3 is 9.47 Å². The van der Waals surface area contributed by atoms with Crippen molar-refractivity contribution in [3.05, 3.63) is 72.3 Å². The highest BCUT2D eigenvalue weighted by atomic mass is 32.2. The molecule has 0 amide bonds. The first kappa shape index (κ1) is 18.2. The Hall–Kier alpha value is -2.55. The number of benzene rings is 3. The van der Waals surface area contributed by atoms with Crippen molar-refractivity contribution in [1.29, 1.82) is 5.26 Å². The van der Waals surface area contributed by atoms with Crippen LogP contribution >= 0.6 is 23.5 Å². The van der Waals surface area contributed by atoms with Crippen LogP contribution in [0.2, 0.25) is 0 Å². The summed E-state index contributed by atoms with van der Waals surface area (Å²) in [5.74, 6) is 1.64. The Morgan fingerprint density at radius 1 is 0.692 bits per heavy atom. The van der Waals surface area contributed by atoms with E-state index < -0.39 is 0 Å². The topological polar surface area (TPSA) is 42.2 Å². The van der Waals surface area contributed by atoms with Crippen molar-refractivity contribution in [3.8, 4) is 17.6 Å². The smallest absolute Gasteiger partial charge is 0.118 e. The fourth-order valence-electron chi connectivity index (χ4n) is 2.33. The van der Waals surface area contributed by atoms with Crippen LogP contribution in [0, 0.1) is 11.3 Å². The van der Waals surface area contributed by atoms with Gasteiger partial charge in [0.2, 0.25) is 0 Å². The van der Waals surface area contributed by atoms with Gasteiger partial charge in [-0.3, -0.25) is 0 Å². The van der Waals surface area contributed by atoms with Crippen LogP contribution in [-0.4, -0.2) is 14.2 Å². The highest BCUT2D eigenvalue weighted by molar-refractivity contribution is 8.00. The van der Waals surface area contributed by atoms with Gasteiger partial charge in [0.25, 0.3) is 0 Å². The molecule has 3 rings (SSSR count). The Morgan fingerprint density at radius 2 is 1.12 bits per heavy atom. The summed E-state index contributed by atoms with van der Waals surface area (Å²) in [4.78, 5) is 4.01. The van der Waals surface area contributed by atoms with E-state index in [1.165, 1.54) is 0 Å². The number of ether oxygens (including phenoxy) is 2. The van der Waals surface area contributed by atoms with Crippen molar-refractivity contribution in [3.63, 3.8) is 0 Å². The molecule has 5 heteroatoms. The van der Waals surface area contributed by atoms with E-state index in [2.05, 4.69) is 6.07 Å². The van der Waals surface area contributed by atoms with Gasteiger partial charge in [-0.25, -0.2) is 0 Å². The van der Waals surface area contributed by atoms with Crippen molar-refractivity contribution < 1.29 is 9.47 Å². The minimum absolute atomic E-state index is 0.689. The van der Waals surface area contributed by atoms with Gasteiger partial charge in [0.15, 0.2) is 0 Å². The summed E-state index contributed by atoms with van der Waals surface area (Å²) >= 11 is 3.15. The van der Waals surface area contributed by atoms with Crippen molar-refractivity contribution in [1.82, 2.24) is 0 Å². The number of nitriles is 1. The van der Waals surface area contributed by atoms with Gasteiger partial charge in [0.1, 0.15) is 17.6 Å². The normalized spacial score (nSPS) is 10.2. The monoisotopic (exact) mass is 379 g/mol. The van der Waals surface area contributed by atoms with Crippen molar-refractivity contribution in [2.24, 2.45) is 0 Å². The Kier molecular flexibility index (Phi) is 6.11. The maximum absolute atomic E-state index is 9.70. The molecule has 0 unspecified atom stereocenters. The summed E-state index contributed by atoms with van der Waals surface area (Å²) in [7, 11) is 3.30. The predicted octanol–water partition coefficient (Wildman–Crippen LogP) is 5.88. The number of methoxy groups -OCH3 is 2. The lowest BCUT2D eigenvalue weighted by Gasteiger charge is -2.10. The fraction of sp³-hybridized carbons (Fsp3) is 0.0952. The minimum Gasteiger partial charge on any atom is -0.497 e. The average Bonchev–Trinajstić information content (AvgIpc) is 2.69. The van der Waals surface area contributed by atoms with E-state index in [4.69, 9.17) is 9.47 Å². The first-order chi connectivity index (χ1) is 12.7. The zero-order chi connectivity index (χ0) is 18.4. The Bertz CT molecular complexity index is 848. The molecule has 0 saturated carbocycles. The summed E-state index contributed by atoms with van der Waals surface area (Å²) in [6.45, 7) is 0. The molecule has 0 aliphatic heterocycles. The molecule has 0 bridgehead atoms. The van der Waals surface area contributed by atoms with E-state index in [1.807, 2.05) is 66.7 Å². The molecule has 0 heterocycles. The second kappa shape index (κ2) is 8.70. The van der Waals surface area contributed by atoms with E-state index in [9.17, 15) is 5.26 Å². The van der Waals surface area contributed by atoms with Crippen LogP contribution in [0.5, 0.6) is 11.5 Å². The third kappa shape index (κ3) is 4.34. The zero-order valence-corrected chi connectivity index (χ0v) is 16.1. The molecule has 0 saturated heterocycles. The highest BCUT2D eigenvalue weighted by Gasteiger charge is 2.11. The second-order valence-electron chi connectivity index (χ2n) is 5.30. The molecule has 3 aromatic carbocycles. The molecule has 26 heavy (non-hydrogen) atoms. The Labute approximate surface area is 162 Å². The third-order valence-electron chi connectivity index (χ3n) is 3.67. The Balaban J connectivity index is 1.85. The number of hydrogen-bond acceptors (Lipinski definition) is 5. The van der Waals surface area contributed by atoms with Crippen LogP contribution in [0.1, 0.15) is 5.56 Å². The zero-order valence-electron chi connectivity index (χ0n) is 14.4. The molecule has 0 spiro atoms. The molecule has 0 fully saturated rings. The average molecular weight is 380 g/mol. The van der Waals surface area contributed by atoms with E-state index in [0.29, 0.717) is 5.56 Å². The van der Waals surface area contributed by atoms with Gasteiger partial charge in [0.05, 0.1) is 19.8 Å². The SMILES string of the molecule is COc1ccc(Sc2cccc(Sc3ccc(OC)cc3)c2C#N)cc1. The maximum atomic E-state index is 9.70. The minimum atomic E-state index is 0.689. The Morgan fingerprint density at radius 3 is 1.46 bits per heavy atom.